The van der Waals surface area contributed by atoms with Crippen LogP contribution in [0.1, 0.15) is 43.5 Å². The predicted octanol–water partition coefficient (Wildman–Crippen LogP) is 3.64. The summed E-state index contributed by atoms with van der Waals surface area (Å²) in [7, 11) is 3.22. The molecule has 2 amide bonds. The van der Waals surface area contributed by atoms with E-state index in [0.29, 0.717) is 31.2 Å². The lowest BCUT2D eigenvalue weighted by molar-refractivity contribution is -0.166. The van der Waals surface area contributed by atoms with Crippen LogP contribution < -0.4 is 9.47 Å². The van der Waals surface area contributed by atoms with Crippen molar-refractivity contribution in [2.24, 2.45) is 0 Å². The summed E-state index contributed by atoms with van der Waals surface area (Å²) in [5.41, 5.74) is 2.62. The number of ether oxygens (including phenoxy) is 3. The Labute approximate surface area is 211 Å². The number of piperazine rings is 1. The van der Waals surface area contributed by atoms with Gasteiger partial charge in [-0.2, -0.15) is 0 Å². The van der Waals surface area contributed by atoms with E-state index in [1.165, 1.54) is 0 Å². The van der Waals surface area contributed by atoms with E-state index >= 15 is 0 Å². The molecule has 0 bridgehead atoms. The van der Waals surface area contributed by atoms with Crippen LogP contribution in [-0.4, -0.2) is 73.2 Å². The van der Waals surface area contributed by atoms with E-state index in [0.717, 1.165) is 27.7 Å². The molecule has 2 aromatic carbocycles. The summed E-state index contributed by atoms with van der Waals surface area (Å²) >= 11 is 0. The van der Waals surface area contributed by atoms with Crippen molar-refractivity contribution in [2.45, 2.75) is 38.3 Å². The molecule has 1 fully saturated rings. The Morgan fingerprint density at radius 2 is 1.89 bits per heavy atom. The molecule has 1 aromatic heterocycles. The van der Waals surface area contributed by atoms with Gasteiger partial charge in [0, 0.05) is 37.0 Å². The molecule has 5 rings (SSSR count). The van der Waals surface area contributed by atoms with Gasteiger partial charge in [0.2, 0.25) is 5.91 Å². The lowest BCUT2D eigenvalue weighted by atomic mass is 9.76. The maximum atomic E-state index is 13.9. The van der Waals surface area contributed by atoms with Crippen molar-refractivity contribution < 1.29 is 23.8 Å². The molecule has 0 radical (unpaired) electrons. The predicted molar refractivity (Wildman–Crippen MR) is 136 cm³/mol. The number of methoxy groups -OCH3 is 2. The number of benzene rings is 2. The molecule has 3 heterocycles. The fourth-order valence-corrected chi connectivity index (χ4v) is 5.61. The average molecular weight is 492 g/mol. The number of H-pyrrole nitrogens is 1. The maximum absolute atomic E-state index is 13.9. The van der Waals surface area contributed by atoms with Crippen LogP contribution in [-0.2, 0) is 19.9 Å². The number of rotatable bonds is 7. The van der Waals surface area contributed by atoms with Gasteiger partial charge in [0.15, 0.2) is 17.0 Å². The van der Waals surface area contributed by atoms with Crippen LogP contribution in [0, 0.1) is 0 Å². The monoisotopic (exact) mass is 491 g/mol. The minimum Gasteiger partial charge on any atom is -0.493 e. The zero-order valence-electron chi connectivity index (χ0n) is 21.5. The SMILES string of the molecule is COCCN1CC(=O)N2CC(c3ccc(OC(C)C)c(OC)c3)c3c([nH]c4ccccc34)C2(C)C1=O. The molecule has 3 aromatic rings. The number of fused-ring (bicyclic) bond motifs is 5. The second-order valence-electron chi connectivity index (χ2n) is 9.88. The molecule has 0 saturated carbocycles. The van der Waals surface area contributed by atoms with Gasteiger partial charge in [-0.25, -0.2) is 0 Å². The second-order valence-corrected chi connectivity index (χ2v) is 9.88. The Morgan fingerprint density at radius 3 is 2.61 bits per heavy atom. The summed E-state index contributed by atoms with van der Waals surface area (Å²) in [6.07, 6.45) is 0.0124. The summed E-state index contributed by atoms with van der Waals surface area (Å²) < 4.78 is 16.8. The zero-order chi connectivity index (χ0) is 25.6. The van der Waals surface area contributed by atoms with Crippen LogP contribution >= 0.6 is 0 Å². The first-order valence-corrected chi connectivity index (χ1v) is 12.3. The number of hydrogen-bond donors (Lipinski definition) is 1. The van der Waals surface area contributed by atoms with Crippen molar-refractivity contribution in [2.75, 3.05) is 40.5 Å². The highest BCUT2D eigenvalue weighted by Crippen LogP contribution is 2.48. The van der Waals surface area contributed by atoms with Crippen LogP contribution in [0.5, 0.6) is 11.5 Å². The number of amides is 2. The van der Waals surface area contributed by atoms with E-state index in [4.69, 9.17) is 14.2 Å². The second kappa shape index (κ2) is 9.17. The van der Waals surface area contributed by atoms with Gasteiger partial charge in [-0.15, -0.1) is 0 Å². The van der Waals surface area contributed by atoms with Gasteiger partial charge in [0.25, 0.3) is 5.91 Å². The fourth-order valence-electron chi connectivity index (χ4n) is 5.61. The van der Waals surface area contributed by atoms with Crippen molar-refractivity contribution in [1.29, 1.82) is 0 Å². The van der Waals surface area contributed by atoms with Crippen LogP contribution in [0.15, 0.2) is 42.5 Å². The van der Waals surface area contributed by atoms with E-state index in [9.17, 15) is 9.59 Å². The van der Waals surface area contributed by atoms with E-state index in [1.807, 2.05) is 57.2 Å². The van der Waals surface area contributed by atoms with E-state index in [1.54, 1.807) is 24.0 Å². The molecular formula is C28H33N3O5. The normalized spacial score (nSPS) is 21.7. The highest BCUT2D eigenvalue weighted by molar-refractivity contribution is 6.01. The van der Waals surface area contributed by atoms with Gasteiger partial charge in [-0.3, -0.25) is 9.59 Å². The summed E-state index contributed by atoms with van der Waals surface area (Å²) in [6.45, 7) is 6.99. The quantitative estimate of drug-likeness (QED) is 0.546. The molecule has 36 heavy (non-hydrogen) atoms. The third-order valence-corrected chi connectivity index (χ3v) is 7.34. The molecule has 8 heteroatoms. The maximum Gasteiger partial charge on any atom is 0.255 e. The lowest BCUT2D eigenvalue weighted by Gasteiger charge is -2.51. The molecule has 1 N–H and O–H groups in total. The molecule has 1 saturated heterocycles. The first-order valence-electron chi connectivity index (χ1n) is 12.3. The van der Waals surface area contributed by atoms with Gasteiger partial charge in [0.05, 0.1) is 32.1 Å². The number of aromatic amines is 1. The smallest absolute Gasteiger partial charge is 0.255 e. The highest BCUT2D eigenvalue weighted by atomic mass is 16.5. The van der Waals surface area contributed by atoms with Crippen molar-refractivity contribution >= 4 is 22.7 Å². The molecule has 0 spiro atoms. The number of nitrogens with zero attached hydrogens (tertiary/aromatic N) is 2. The Kier molecular flexibility index (Phi) is 6.16. The molecule has 2 atom stereocenters. The lowest BCUT2D eigenvalue weighted by Crippen LogP contribution is -2.67. The van der Waals surface area contributed by atoms with Gasteiger partial charge in [-0.1, -0.05) is 24.3 Å². The number of carbonyl (C=O) groups excluding carboxylic acids is 2. The average Bonchev–Trinajstić information content (AvgIpc) is 3.26. The van der Waals surface area contributed by atoms with Gasteiger partial charge in [-0.05, 0) is 50.1 Å². The summed E-state index contributed by atoms with van der Waals surface area (Å²) in [4.78, 5) is 34.2. The Morgan fingerprint density at radius 1 is 1.11 bits per heavy atom. The van der Waals surface area contributed by atoms with Crippen molar-refractivity contribution in [1.82, 2.24) is 14.8 Å². The van der Waals surface area contributed by atoms with E-state index in [-0.39, 0.29) is 30.4 Å². The Hall–Kier alpha value is -3.52. The van der Waals surface area contributed by atoms with Gasteiger partial charge < -0.3 is 29.0 Å². The van der Waals surface area contributed by atoms with Gasteiger partial charge >= 0.3 is 0 Å². The fraction of sp³-hybridized carbons (Fsp3) is 0.429. The molecule has 0 aliphatic carbocycles. The molecule has 190 valence electrons. The van der Waals surface area contributed by atoms with Crippen LogP contribution in [0.3, 0.4) is 0 Å². The standard InChI is InChI=1S/C28H33N3O5/c1-17(2)36-22-11-10-18(14-23(22)35-5)20-15-31-24(32)16-30(12-13-34-4)27(33)28(31,3)26-25(20)19-8-6-7-9-21(19)29-26/h6-11,14,17,20,29H,12-13,15-16H2,1-5H3. The highest BCUT2D eigenvalue weighted by Gasteiger charge is 2.56. The third-order valence-electron chi connectivity index (χ3n) is 7.34. The van der Waals surface area contributed by atoms with E-state index in [2.05, 4.69) is 11.1 Å². The van der Waals surface area contributed by atoms with Crippen LogP contribution in [0.4, 0.5) is 0 Å². The number of hydrogen-bond acceptors (Lipinski definition) is 5. The Balaban J connectivity index is 1.67. The van der Waals surface area contributed by atoms with E-state index < -0.39 is 5.54 Å². The number of carbonyl (C=O) groups is 2. The molecular weight excluding hydrogens is 458 g/mol. The largest absolute Gasteiger partial charge is 0.493 e. The zero-order valence-corrected chi connectivity index (χ0v) is 21.5. The Bertz CT molecular complexity index is 1320. The molecule has 8 nitrogen and oxygen atoms in total. The molecule has 2 aliphatic heterocycles. The summed E-state index contributed by atoms with van der Waals surface area (Å²) in [5.74, 6) is 1.00. The topological polar surface area (TPSA) is 84.1 Å². The first-order chi connectivity index (χ1) is 17.3. The first kappa shape index (κ1) is 24.2. The van der Waals surface area contributed by atoms with Crippen molar-refractivity contribution in [3.05, 3.63) is 59.3 Å². The minimum absolute atomic E-state index is 0.0124. The summed E-state index contributed by atoms with van der Waals surface area (Å²) in [6, 6.07) is 14.0. The number of nitrogens with one attached hydrogen (secondary N) is 1. The van der Waals surface area contributed by atoms with Gasteiger partial charge in [0.1, 0.15) is 0 Å². The summed E-state index contributed by atoms with van der Waals surface area (Å²) in [5, 5.41) is 1.05. The third kappa shape index (κ3) is 3.71. The molecule has 2 unspecified atom stereocenters. The van der Waals surface area contributed by atoms with Crippen LogP contribution in [0.25, 0.3) is 10.9 Å². The number of aromatic nitrogens is 1. The van der Waals surface area contributed by atoms with Crippen molar-refractivity contribution in [3.63, 3.8) is 0 Å². The number of para-hydroxylation sites is 1. The minimum atomic E-state index is -1.13. The molecule has 2 aliphatic rings. The van der Waals surface area contributed by atoms with Crippen LogP contribution in [0.2, 0.25) is 0 Å². The van der Waals surface area contributed by atoms with Crippen molar-refractivity contribution in [3.8, 4) is 11.5 Å².